The summed E-state index contributed by atoms with van der Waals surface area (Å²) in [4.78, 5) is 27.3. The number of sulfonamides is 1. The number of hydrogen-bond donors (Lipinski definition) is 0. The first kappa shape index (κ1) is 24.4. The van der Waals surface area contributed by atoms with Crippen LogP contribution < -0.4 is 4.90 Å². The van der Waals surface area contributed by atoms with E-state index in [4.69, 9.17) is 4.74 Å². The number of anilines is 1. The smallest absolute Gasteiger partial charge is 0.306 e. The average Bonchev–Trinajstić information content (AvgIpc) is 2.87. The number of carbonyl (C=O) groups is 2. The van der Waals surface area contributed by atoms with Crippen LogP contribution in [-0.2, 0) is 37.2 Å². The first-order valence-corrected chi connectivity index (χ1v) is 13.5. The first-order valence-electron chi connectivity index (χ1n) is 12.0. The lowest BCUT2D eigenvalue weighted by Gasteiger charge is -2.31. The van der Waals surface area contributed by atoms with Gasteiger partial charge in [-0.25, -0.2) is 8.42 Å². The van der Waals surface area contributed by atoms with E-state index in [1.54, 1.807) is 40.4 Å². The maximum absolute atomic E-state index is 12.9. The second-order valence-electron chi connectivity index (χ2n) is 8.96. The number of para-hydroxylation sites is 1. The van der Waals surface area contributed by atoms with Gasteiger partial charge in [0.25, 0.3) is 5.91 Å². The summed E-state index contributed by atoms with van der Waals surface area (Å²) in [6.45, 7) is 3.35. The molecule has 2 heterocycles. The van der Waals surface area contributed by atoms with Crippen molar-refractivity contribution in [1.29, 1.82) is 0 Å². The minimum Gasteiger partial charge on any atom is -0.453 e. The van der Waals surface area contributed by atoms with E-state index in [0.717, 1.165) is 48.9 Å². The highest BCUT2D eigenvalue weighted by Gasteiger charge is 2.28. The van der Waals surface area contributed by atoms with Crippen molar-refractivity contribution in [1.82, 2.24) is 4.31 Å². The molecule has 0 spiro atoms. The molecule has 34 heavy (non-hydrogen) atoms. The molecule has 1 saturated heterocycles. The molecule has 0 aromatic heterocycles. The van der Waals surface area contributed by atoms with Gasteiger partial charge in [-0.15, -0.1) is 0 Å². The molecule has 7 nitrogen and oxygen atoms in total. The second-order valence-corrected chi connectivity index (χ2v) is 10.9. The number of hydrogen-bond acceptors (Lipinski definition) is 5. The van der Waals surface area contributed by atoms with Gasteiger partial charge in [0.1, 0.15) is 0 Å². The van der Waals surface area contributed by atoms with Crippen LogP contribution in [0, 0.1) is 0 Å². The minimum absolute atomic E-state index is 0.117. The van der Waals surface area contributed by atoms with Crippen molar-refractivity contribution >= 4 is 27.6 Å². The number of ether oxygens (including phenoxy) is 1. The Kier molecular flexibility index (Phi) is 7.68. The van der Waals surface area contributed by atoms with Crippen LogP contribution in [0.1, 0.15) is 50.2 Å². The maximum Gasteiger partial charge on any atom is 0.306 e. The number of amides is 1. The molecular formula is C26H32N2O5S. The van der Waals surface area contributed by atoms with Gasteiger partial charge in [-0.2, -0.15) is 4.31 Å². The molecule has 0 radical (unpaired) electrons. The molecule has 1 unspecified atom stereocenters. The highest BCUT2D eigenvalue weighted by molar-refractivity contribution is 7.89. The van der Waals surface area contributed by atoms with Gasteiger partial charge < -0.3 is 9.64 Å². The molecule has 0 bridgehead atoms. The number of benzene rings is 2. The van der Waals surface area contributed by atoms with Crippen LogP contribution in [0.4, 0.5) is 5.69 Å². The Morgan fingerprint density at radius 3 is 2.38 bits per heavy atom. The number of aryl methyl sites for hydroxylation is 2. The van der Waals surface area contributed by atoms with Gasteiger partial charge in [-0.3, -0.25) is 9.59 Å². The molecule has 2 aliphatic heterocycles. The number of rotatable bonds is 7. The Morgan fingerprint density at radius 1 is 0.941 bits per heavy atom. The molecule has 0 N–H and O–H groups in total. The Balaban J connectivity index is 1.30. The highest BCUT2D eigenvalue weighted by Crippen LogP contribution is 2.27. The predicted molar refractivity (Wildman–Crippen MR) is 130 cm³/mol. The fourth-order valence-corrected chi connectivity index (χ4v) is 6.13. The van der Waals surface area contributed by atoms with Crippen molar-refractivity contribution in [2.45, 2.75) is 62.9 Å². The van der Waals surface area contributed by atoms with Crippen LogP contribution in [0.2, 0.25) is 0 Å². The largest absolute Gasteiger partial charge is 0.453 e. The Morgan fingerprint density at radius 2 is 1.65 bits per heavy atom. The lowest BCUT2D eigenvalue weighted by molar-refractivity contribution is -0.153. The van der Waals surface area contributed by atoms with E-state index in [2.05, 4.69) is 0 Å². The normalized spacial score (nSPS) is 17.6. The average molecular weight is 485 g/mol. The Labute approximate surface area is 201 Å². The van der Waals surface area contributed by atoms with E-state index in [9.17, 15) is 18.0 Å². The van der Waals surface area contributed by atoms with Crippen LogP contribution in [0.3, 0.4) is 0 Å². The van der Waals surface area contributed by atoms with Crippen LogP contribution in [0.15, 0.2) is 53.4 Å². The lowest BCUT2D eigenvalue weighted by atomic mass is 10.0. The molecule has 1 fully saturated rings. The van der Waals surface area contributed by atoms with Gasteiger partial charge in [-0.05, 0) is 68.4 Å². The SMILES string of the molecule is CC(OC(=O)CCc1ccc(S(=O)(=O)N2CCCCC2)cc1)C(=O)N1CCCc2ccccc21. The quantitative estimate of drug-likeness (QED) is 0.560. The van der Waals surface area contributed by atoms with Crippen LogP contribution in [0.25, 0.3) is 0 Å². The van der Waals surface area contributed by atoms with Crippen molar-refractivity contribution in [2.24, 2.45) is 0 Å². The summed E-state index contributed by atoms with van der Waals surface area (Å²) in [5.74, 6) is -0.663. The molecule has 2 aromatic rings. The number of fused-ring (bicyclic) bond motifs is 1. The first-order chi connectivity index (χ1) is 16.4. The maximum atomic E-state index is 12.9. The van der Waals surface area contributed by atoms with Gasteiger partial charge >= 0.3 is 5.97 Å². The summed E-state index contributed by atoms with van der Waals surface area (Å²) in [7, 11) is -3.47. The zero-order chi connectivity index (χ0) is 24.1. The van der Waals surface area contributed by atoms with Crippen LogP contribution >= 0.6 is 0 Å². The van der Waals surface area contributed by atoms with E-state index in [-0.39, 0.29) is 17.2 Å². The topological polar surface area (TPSA) is 84.0 Å². The molecule has 1 amide bonds. The minimum atomic E-state index is -3.47. The van der Waals surface area contributed by atoms with E-state index in [1.807, 2.05) is 24.3 Å². The van der Waals surface area contributed by atoms with Gasteiger partial charge in [0.05, 0.1) is 4.90 Å². The predicted octanol–water partition coefficient (Wildman–Crippen LogP) is 3.70. The molecular weight excluding hydrogens is 452 g/mol. The Bertz CT molecular complexity index is 1120. The van der Waals surface area contributed by atoms with Gasteiger partial charge in [0.2, 0.25) is 10.0 Å². The van der Waals surface area contributed by atoms with Gasteiger partial charge in [0.15, 0.2) is 6.10 Å². The monoisotopic (exact) mass is 484 g/mol. The molecule has 0 saturated carbocycles. The molecule has 4 rings (SSSR count). The summed E-state index contributed by atoms with van der Waals surface area (Å²) in [6.07, 6.45) is 4.34. The highest BCUT2D eigenvalue weighted by atomic mass is 32.2. The summed E-state index contributed by atoms with van der Waals surface area (Å²) in [6, 6.07) is 14.5. The van der Waals surface area contributed by atoms with E-state index >= 15 is 0 Å². The number of esters is 1. The standard InChI is InChI=1S/C26H32N2O5S/c1-20(26(30)28-19-7-9-22-8-3-4-10-24(22)28)33-25(29)16-13-21-11-14-23(15-12-21)34(31,32)27-17-5-2-6-18-27/h3-4,8,10-12,14-15,20H,2,5-7,9,13,16-19H2,1H3. The number of carbonyl (C=O) groups excluding carboxylic acids is 2. The van der Waals surface area contributed by atoms with Gasteiger partial charge in [-0.1, -0.05) is 36.8 Å². The van der Waals surface area contributed by atoms with E-state index in [0.29, 0.717) is 26.1 Å². The van der Waals surface area contributed by atoms with Crippen molar-refractivity contribution in [3.63, 3.8) is 0 Å². The Hall–Kier alpha value is -2.71. The third-order valence-corrected chi connectivity index (χ3v) is 8.44. The number of piperidine rings is 1. The van der Waals surface area contributed by atoms with Crippen molar-refractivity contribution < 1.29 is 22.7 Å². The summed E-state index contributed by atoms with van der Waals surface area (Å²) in [5.41, 5.74) is 2.87. The molecule has 182 valence electrons. The summed E-state index contributed by atoms with van der Waals surface area (Å²) in [5, 5.41) is 0. The molecule has 2 aliphatic rings. The lowest BCUT2D eigenvalue weighted by Crippen LogP contribution is -2.42. The molecule has 1 atom stereocenters. The van der Waals surface area contributed by atoms with Crippen molar-refractivity contribution in [2.75, 3.05) is 24.5 Å². The summed E-state index contributed by atoms with van der Waals surface area (Å²) < 4.78 is 32.5. The van der Waals surface area contributed by atoms with Crippen molar-refractivity contribution in [3.8, 4) is 0 Å². The second kappa shape index (κ2) is 10.7. The molecule has 0 aliphatic carbocycles. The van der Waals surface area contributed by atoms with Crippen LogP contribution in [-0.4, -0.2) is 50.3 Å². The fourth-order valence-electron chi connectivity index (χ4n) is 4.62. The van der Waals surface area contributed by atoms with E-state index in [1.165, 1.54) is 0 Å². The number of nitrogens with zero attached hydrogens (tertiary/aromatic N) is 2. The van der Waals surface area contributed by atoms with Crippen molar-refractivity contribution in [3.05, 3.63) is 59.7 Å². The fraction of sp³-hybridized carbons (Fsp3) is 0.462. The zero-order valence-corrected chi connectivity index (χ0v) is 20.4. The zero-order valence-electron chi connectivity index (χ0n) is 19.6. The van der Waals surface area contributed by atoms with Gasteiger partial charge in [0, 0.05) is 31.7 Å². The van der Waals surface area contributed by atoms with E-state index < -0.39 is 22.1 Å². The molecule has 2 aromatic carbocycles. The third-order valence-electron chi connectivity index (χ3n) is 6.53. The third kappa shape index (κ3) is 5.50. The summed E-state index contributed by atoms with van der Waals surface area (Å²) >= 11 is 0. The molecule has 8 heteroatoms. The van der Waals surface area contributed by atoms with Crippen LogP contribution in [0.5, 0.6) is 0 Å².